The predicted octanol–water partition coefficient (Wildman–Crippen LogP) is 3.65. The number of nitrogen functional groups attached to an aromatic ring is 1. The highest BCUT2D eigenvalue weighted by Gasteiger charge is 2.23. The number of anilines is 1. The third-order valence-electron chi connectivity index (χ3n) is 4.63. The maximum atomic E-state index is 6.10. The Kier molecular flexibility index (Phi) is 4.26. The fraction of sp³-hybridized carbons (Fsp3) is 0.368. The molecule has 2 aromatic rings. The van der Waals surface area contributed by atoms with Crippen molar-refractivity contribution in [3.8, 4) is 0 Å². The molecule has 0 radical (unpaired) electrons. The van der Waals surface area contributed by atoms with Crippen LogP contribution in [0.25, 0.3) is 0 Å². The lowest BCUT2D eigenvalue weighted by atomic mass is 9.94. The van der Waals surface area contributed by atoms with Crippen molar-refractivity contribution in [2.75, 3.05) is 12.3 Å². The molecule has 1 aliphatic heterocycles. The minimum atomic E-state index is 0.613. The minimum absolute atomic E-state index is 0.613. The molecule has 1 unspecified atom stereocenters. The Labute approximate surface area is 127 Å². The molecule has 0 fully saturated rings. The molecule has 2 heteroatoms. The molecule has 0 aromatic heterocycles. The quantitative estimate of drug-likeness (QED) is 0.866. The first kappa shape index (κ1) is 14.2. The molecule has 1 atom stereocenters. The highest BCUT2D eigenvalue weighted by molar-refractivity contribution is 5.51. The van der Waals surface area contributed by atoms with Gasteiger partial charge in [0.25, 0.3) is 0 Å². The Balaban J connectivity index is 1.74. The van der Waals surface area contributed by atoms with Crippen LogP contribution in [0.4, 0.5) is 5.69 Å². The Hall–Kier alpha value is -1.80. The van der Waals surface area contributed by atoms with Crippen molar-refractivity contribution in [3.05, 3.63) is 65.2 Å². The zero-order chi connectivity index (χ0) is 14.7. The Morgan fingerprint density at radius 3 is 2.67 bits per heavy atom. The molecule has 1 heterocycles. The van der Waals surface area contributed by atoms with E-state index in [1.807, 2.05) is 6.07 Å². The van der Waals surface area contributed by atoms with Gasteiger partial charge in [-0.2, -0.15) is 0 Å². The van der Waals surface area contributed by atoms with Gasteiger partial charge in [0.15, 0.2) is 0 Å². The topological polar surface area (TPSA) is 29.3 Å². The van der Waals surface area contributed by atoms with Gasteiger partial charge < -0.3 is 5.73 Å². The first-order valence-electron chi connectivity index (χ1n) is 7.92. The molecule has 2 nitrogen and oxygen atoms in total. The summed E-state index contributed by atoms with van der Waals surface area (Å²) in [5.74, 6) is 0. The molecule has 110 valence electrons. The summed E-state index contributed by atoms with van der Waals surface area (Å²) in [4.78, 5) is 2.62. The lowest BCUT2D eigenvalue weighted by Gasteiger charge is -2.35. The van der Waals surface area contributed by atoms with Crippen LogP contribution in [0.3, 0.4) is 0 Å². The first-order valence-corrected chi connectivity index (χ1v) is 7.92. The number of benzene rings is 2. The molecule has 0 bridgehead atoms. The lowest BCUT2D eigenvalue weighted by molar-refractivity contribution is 0.172. The summed E-state index contributed by atoms with van der Waals surface area (Å²) in [6.07, 6.45) is 3.40. The van der Waals surface area contributed by atoms with E-state index in [-0.39, 0.29) is 0 Å². The second-order valence-electron chi connectivity index (χ2n) is 5.96. The predicted molar refractivity (Wildman–Crippen MR) is 89.2 cm³/mol. The van der Waals surface area contributed by atoms with E-state index in [0.717, 1.165) is 31.6 Å². The van der Waals surface area contributed by atoms with Gasteiger partial charge in [0.05, 0.1) is 0 Å². The fourth-order valence-corrected chi connectivity index (χ4v) is 3.39. The first-order chi connectivity index (χ1) is 10.3. The third-order valence-corrected chi connectivity index (χ3v) is 4.63. The molecule has 0 aliphatic carbocycles. The Morgan fingerprint density at radius 1 is 1.10 bits per heavy atom. The summed E-state index contributed by atoms with van der Waals surface area (Å²) < 4.78 is 0. The van der Waals surface area contributed by atoms with Crippen LogP contribution in [-0.4, -0.2) is 17.5 Å². The second-order valence-corrected chi connectivity index (χ2v) is 5.96. The van der Waals surface area contributed by atoms with Gasteiger partial charge in [-0.3, -0.25) is 4.90 Å². The van der Waals surface area contributed by atoms with Gasteiger partial charge in [-0.05, 0) is 42.0 Å². The molecule has 0 amide bonds. The van der Waals surface area contributed by atoms with Crippen molar-refractivity contribution in [2.45, 2.75) is 38.8 Å². The second kappa shape index (κ2) is 6.31. The molecular formula is C19H24N2. The smallest absolute Gasteiger partial charge is 0.0350 e. The minimum Gasteiger partial charge on any atom is -0.398 e. The molecule has 2 aromatic carbocycles. The third kappa shape index (κ3) is 3.11. The van der Waals surface area contributed by atoms with Crippen LogP contribution in [0.15, 0.2) is 48.5 Å². The van der Waals surface area contributed by atoms with Crippen LogP contribution in [0, 0.1) is 0 Å². The van der Waals surface area contributed by atoms with Crippen molar-refractivity contribution in [1.82, 2.24) is 4.90 Å². The molecule has 21 heavy (non-hydrogen) atoms. The number of nitrogens with zero attached hydrogens (tertiary/aromatic N) is 1. The summed E-state index contributed by atoms with van der Waals surface area (Å²) in [6.45, 7) is 4.45. The normalized spacial score (nSPS) is 16.4. The molecule has 2 N–H and O–H groups in total. The summed E-state index contributed by atoms with van der Waals surface area (Å²) in [7, 11) is 0. The van der Waals surface area contributed by atoms with E-state index in [9.17, 15) is 0 Å². The fourth-order valence-electron chi connectivity index (χ4n) is 3.39. The molecule has 1 aliphatic rings. The van der Waals surface area contributed by atoms with Crippen LogP contribution in [0.1, 0.15) is 30.0 Å². The van der Waals surface area contributed by atoms with Crippen molar-refractivity contribution < 1.29 is 0 Å². The Bertz CT molecular complexity index is 592. The van der Waals surface area contributed by atoms with Gasteiger partial charge >= 0.3 is 0 Å². The standard InChI is InChI=1S/C19H24N2/c1-2-17(13-15-7-4-3-5-8-15)21-12-11-18-16(14-21)9-6-10-19(18)20/h3-10,17H,2,11-14,20H2,1H3. The monoisotopic (exact) mass is 280 g/mol. The van der Waals surface area contributed by atoms with E-state index in [0.29, 0.717) is 6.04 Å². The van der Waals surface area contributed by atoms with E-state index >= 15 is 0 Å². The highest BCUT2D eigenvalue weighted by atomic mass is 15.2. The zero-order valence-corrected chi connectivity index (χ0v) is 12.8. The van der Waals surface area contributed by atoms with Gasteiger partial charge in [-0.15, -0.1) is 0 Å². The van der Waals surface area contributed by atoms with E-state index in [1.165, 1.54) is 23.1 Å². The van der Waals surface area contributed by atoms with Gasteiger partial charge in [0, 0.05) is 24.8 Å². The molecular weight excluding hydrogens is 256 g/mol. The average Bonchev–Trinajstić information content (AvgIpc) is 2.53. The number of fused-ring (bicyclic) bond motifs is 1. The van der Waals surface area contributed by atoms with Gasteiger partial charge in [0.2, 0.25) is 0 Å². The summed E-state index contributed by atoms with van der Waals surface area (Å²) >= 11 is 0. The lowest BCUT2D eigenvalue weighted by Crippen LogP contribution is -2.40. The van der Waals surface area contributed by atoms with Gasteiger partial charge in [-0.1, -0.05) is 49.4 Å². The molecule has 0 saturated carbocycles. The summed E-state index contributed by atoms with van der Waals surface area (Å²) in [5, 5.41) is 0. The SMILES string of the molecule is CCC(Cc1ccccc1)N1CCc2c(N)cccc2C1. The number of rotatable bonds is 4. The van der Waals surface area contributed by atoms with E-state index in [2.05, 4.69) is 54.3 Å². The van der Waals surface area contributed by atoms with Gasteiger partial charge in [-0.25, -0.2) is 0 Å². The van der Waals surface area contributed by atoms with Gasteiger partial charge in [0.1, 0.15) is 0 Å². The van der Waals surface area contributed by atoms with Crippen LogP contribution >= 0.6 is 0 Å². The van der Waals surface area contributed by atoms with E-state index < -0.39 is 0 Å². The van der Waals surface area contributed by atoms with E-state index in [4.69, 9.17) is 5.73 Å². The summed E-state index contributed by atoms with van der Waals surface area (Å²) in [6, 6.07) is 17.8. The zero-order valence-electron chi connectivity index (χ0n) is 12.8. The number of hydrogen-bond donors (Lipinski definition) is 1. The summed E-state index contributed by atoms with van der Waals surface area (Å²) in [5.41, 5.74) is 11.3. The Morgan fingerprint density at radius 2 is 1.90 bits per heavy atom. The van der Waals surface area contributed by atoms with Crippen molar-refractivity contribution in [3.63, 3.8) is 0 Å². The molecule has 3 rings (SSSR count). The highest BCUT2D eigenvalue weighted by Crippen LogP contribution is 2.26. The average molecular weight is 280 g/mol. The molecule has 0 spiro atoms. The number of nitrogens with two attached hydrogens (primary N) is 1. The van der Waals surface area contributed by atoms with Crippen molar-refractivity contribution in [1.29, 1.82) is 0 Å². The maximum Gasteiger partial charge on any atom is 0.0350 e. The van der Waals surface area contributed by atoms with Crippen LogP contribution in [0.5, 0.6) is 0 Å². The van der Waals surface area contributed by atoms with Crippen molar-refractivity contribution in [2.24, 2.45) is 0 Å². The van der Waals surface area contributed by atoms with Crippen LogP contribution in [0.2, 0.25) is 0 Å². The maximum absolute atomic E-state index is 6.10. The van der Waals surface area contributed by atoms with E-state index in [1.54, 1.807) is 0 Å². The van der Waals surface area contributed by atoms with Crippen molar-refractivity contribution >= 4 is 5.69 Å². The molecule has 0 saturated heterocycles. The van der Waals surface area contributed by atoms with Crippen LogP contribution < -0.4 is 5.73 Å². The largest absolute Gasteiger partial charge is 0.398 e. The number of hydrogen-bond acceptors (Lipinski definition) is 2. The van der Waals surface area contributed by atoms with Crippen LogP contribution in [-0.2, 0) is 19.4 Å².